The summed E-state index contributed by atoms with van der Waals surface area (Å²) in [6.07, 6.45) is 13.6. The van der Waals surface area contributed by atoms with Crippen molar-refractivity contribution in [2.45, 2.75) is 19.8 Å². The highest BCUT2D eigenvalue weighted by Gasteiger charge is 2.20. The normalized spacial score (nSPS) is 14.3. The number of nitrogens with one attached hydrogen (secondary N) is 2. The molecule has 5 rings (SSSR count). The molecular formula is C20H22N8S. The highest BCUT2D eigenvalue weighted by Crippen LogP contribution is 2.36. The number of nitrogens with zero attached hydrogens (tertiary/aromatic N) is 6. The molecule has 0 unspecified atom stereocenters. The van der Waals surface area contributed by atoms with Gasteiger partial charge in [0, 0.05) is 43.3 Å². The van der Waals surface area contributed by atoms with E-state index in [1.165, 1.54) is 22.7 Å². The Hall–Kier alpha value is -3.04. The van der Waals surface area contributed by atoms with Crippen molar-refractivity contribution in [3.63, 3.8) is 0 Å². The van der Waals surface area contributed by atoms with E-state index in [1.807, 2.05) is 36.2 Å². The van der Waals surface area contributed by atoms with Gasteiger partial charge in [0.2, 0.25) is 0 Å². The molecule has 0 fully saturated rings. The van der Waals surface area contributed by atoms with Gasteiger partial charge in [-0.1, -0.05) is 13.0 Å². The summed E-state index contributed by atoms with van der Waals surface area (Å²) in [5, 5.41) is 12.2. The largest absolute Gasteiger partial charge is 0.327 e. The number of imidazole rings is 1. The Morgan fingerprint density at radius 1 is 1.28 bits per heavy atom. The van der Waals surface area contributed by atoms with Crippen molar-refractivity contribution >= 4 is 33.6 Å². The Labute approximate surface area is 172 Å². The average molecular weight is 407 g/mol. The maximum Gasteiger partial charge on any atom is 0.180 e. The summed E-state index contributed by atoms with van der Waals surface area (Å²) >= 11 is 1.49. The van der Waals surface area contributed by atoms with E-state index in [2.05, 4.69) is 38.7 Å². The maximum atomic E-state index is 4.69. The molecule has 1 aliphatic heterocycles. The van der Waals surface area contributed by atoms with Gasteiger partial charge in [0.15, 0.2) is 11.5 Å². The van der Waals surface area contributed by atoms with Crippen LogP contribution in [-0.2, 0) is 13.5 Å². The van der Waals surface area contributed by atoms with Crippen LogP contribution < -0.4 is 10.6 Å². The van der Waals surface area contributed by atoms with Gasteiger partial charge in [-0.15, -0.1) is 0 Å². The number of rotatable bonds is 5. The Bertz CT molecular complexity index is 1200. The Kier molecular flexibility index (Phi) is 4.61. The van der Waals surface area contributed by atoms with Crippen LogP contribution in [0.4, 0.5) is 10.8 Å². The first-order valence-corrected chi connectivity index (χ1v) is 10.5. The lowest BCUT2D eigenvalue weighted by Gasteiger charge is -2.16. The summed E-state index contributed by atoms with van der Waals surface area (Å²) in [5.74, 6) is 0.727. The van der Waals surface area contributed by atoms with Gasteiger partial charge in [-0.2, -0.15) is 9.47 Å². The van der Waals surface area contributed by atoms with E-state index in [-0.39, 0.29) is 0 Å². The van der Waals surface area contributed by atoms with Gasteiger partial charge in [0.05, 0.1) is 23.8 Å². The number of aryl methyl sites for hydroxylation is 2. The zero-order valence-corrected chi connectivity index (χ0v) is 17.2. The topological polar surface area (TPSA) is 85.0 Å². The van der Waals surface area contributed by atoms with E-state index in [4.69, 9.17) is 4.37 Å². The predicted molar refractivity (Wildman–Crippen MR) is 115 cm³/mol. The van der Waals surface area contributed by atoms with Gasteiger partial charge >= 0.3 is 0 Å². The molecule has 148 valence electrons. The van der Waals surface area contributed by atoms with Crippen molar-refractivity contribution in [3.8, 4) is 11.3 Å². The van der Waals surface area contributed by atoms with E-state index in [1.54, 1.807) is 10.9 Å². The summed E-state index contributed by atoms with van der Waals surface area (Å²) in [6, 6.07) is 0. The molecule has 5 heterocycles. The molecule has 0 amide bonds. The smallest absolute Gasteiger partial charge is 0.180 e. The fraction of sp³-hybridized carbons (Fsp3) is 0.300. The summed E-state index contributed by atoms with van der Waals surface area (Å²) in [6.45, 7) is 4.04. The van der Waals surface area contributed by atoms with Crippen LogP contribution in [-0.4, -0.2) is 41.6 Å². The second kappa shape index (κ2) is 7.41. The molecule has 4 aromatic heterocycles. The van der Waals surface area contributed by atoms with Gasteiger partial charge in [-0.25, -0.2) is 9.97 Å². The van der Waals surface area contributed by atoms with Gasteiger partial charge in [-0.3, -0.25) is 9.08 Å². The third-order valence-electron chi connectivity index (χ3n) is 5.14. The number of anilines is 2. The van der Waals surface area contributed by atoms with Crippen LogP contribution in [0.2, 0.25) is 0 Å². The predicted octanol–water partition coefficient (Wildman–Crippen LogP) is 3.27. The second-order valence-electron chi connectivity index (χ2n) is 7.01. The molecule has 0 saturated carbocycles. The third-order valence-corrected chi connectivity index (χ3v) is 5.94. The zero-order chi connectivity index (χ0) is 19.8. The summed E-state index contributed by atoms with van der Waals surface area (Å²) in [7, 11) is 1.91. The molecule has 0 atom stereocenters. The lowest BCUT2D eigenvalue weighted by atomic mass is 9.99. The van der Waals surface area contributed by atoms with E-state index in [0.717, 1.165) is 59.3 Å². The summed E-state index contributed by atoms with van der Waals surface area (Å²) in [4.78, 5) is 9.20. The molecule has 0 radical (unpaired) electrons. The quantitative estimate of drug-likeness (QED) is 0.529. The Morgan fingerprint density at radius 3 is 2.97 bits per heavy atom. The number of hydrogen-bond donors (Lipinski definition) is 2. The minimum absolute atomic E-state index is 0.727. The summed E-state index contributed by atoms with van der Waals surface area (Å²) < 4.78 is 8.52. The molecule has 9 heteroatoms. The van der Waals surface area contributed by atoms with Crippen molar-refractivity contribution in [1.82, 2.24) is 33.8 Å². The van der Waals surface area contributed by atoms with Crippen LogP contribution >= 0.6 is 11.5 Å². The minimum atomic E-state index is 0.727. The first-order chi connectivity index (χ1) is 14.2. The number of hydrogen-bond acceptors (Lipinski definition) is 7. The SMILES string of the molecule is CCc1nsc(Nc2nccn3c(-c4cnn(C)c4)cnc23)c1C1=CCNCC1. The molecular weight excluding hydrogens is 384 g/mol. The molecule has 0 aromatic carbocycles. The first kappa shape index (κ1) is 18.0. The summed E-state index contributed by atoms with van der Waals surface area (Å²) in [5.41, 5.74) is 6.49. The lowest BCUT2D eigenvalue weighted by Crippen LogP contribution is -2.20. The lowest BCUT2D eigenvalue weighted by molar-refractivity contribution is 0.738. The number of aromatic nitrogens is 6. The van der Waals surface area contributed by atoms with Crippen LogP contribution in [0.15, 0.2) is 37.1 Å². The van der Waals surface area contributed by atoms with Crippen LogP contribution in [0.5, 0.6) is 0 Å². The van der Waals surface area contributed by atoms with Crippen LogP contribution in [0.1, 0.15) is 24.6 Å². The van der Waals surface area contributed by atoms with Crippen LogP contribution in [0.3, 0.4) is 0 Å². The fourth-order valence-electron chi connectivity index (χ4n) is 3.71. The van der Waals surface area contributed by atoms with Gasteiger partial charge < -0.3 is 10.6 Å². The minimum Gasteiger partial charge on any atom is -0.327 e. The standard InChI is InChI=1S/C20H22N8S/c1-3-15-17(13-4-6-21-7-5-13)20(29-26-15)25-18-19-23-11-16(28(19)9-8-22-18)14-10-24-27(2)12-14/h4,8-12,21H,3,5-7H2,1-2H3,(H,22,25). The van der Waals surface area contributed by atoms with Gasteiger partial charge in [0.25, 0.3) is 0 Å². The second-order valence-corrected chi connectivity index (χ2v) is 7.78. The van der Waals surface area contributed by atoms with Crippen LogP contribution in [0.25, 0.3) is 22.5 Å². The Morgan fingerprint density at radius 2 is 2.21 bits per heavy atom. The average Bonchev–Trinajstić information content (AvgIpc) is 3.47. The number of fused-ring (bicyclic) bond motifs is 1. The molecule has 0 spiro atoms. The molecule has 4 aromatic rings. The van der Waals surface area contributed by atoms with Crippen molar-refractivity contribution in [2.24, 2.45) is 7.05 Å². The molecule has 29 heavy (non-hydrogen) atoms. The monoisotopic (exact) mass is 406 g/mol. The van der Waals surface area contributed by atoms with Crippen molar-refractivity contribution < 1.29 is 0 Å². The molecule has 0 aliphatic carbocycles. The van der Waals surface area contributed by atoms with Gasteiger partial charge in [0.1, 0.15) is 5.00 Å². The maximum absolute atomic E-state index is 4.69. The highest BCUT2D eigenvalue weighted by atomic mass is 32.1. The van der Waals surface area contributed by atoms with E-state index >= 15 is 0 Å². The van der Waals surface area contributed by atoms with Crippen molar-refractivity contribution in [1.29, 1.82) is 0 Å². The van der Waals surface area contributed by atoms with Gasteiger partial charge in [-0.05, 0) is 36.5 Å². The molecule has 2 N–H and O–H groups in total. The molecule has 1 aliphatic rings. The van der Waals surface area contributed by atoms with E-state index in [9.17, 15) is 0 Å². The molecule has 0 saturated heterocycles. The van der Waals surface area contributed by atoms with Crippen molar-refractivity contribution in [3.05, 3.63) is 48.3 Å². The highest BCUT2D eigenvalue weighted by molar-refractivity contribution is 7.10. The van der Waals surface area contributed by atoms with E-state index in [0.29, 0.717) is 0 Å². The van der Waals surface area contributed by atoms with E-state index < -0.39 is 0 Å². The molecule has 0 bridgehead atoms. The third kappa shape index (κ3) is 3.22. The van der Waals surface area contributed by atoms with Crippen LogP contribution in [0, 0.1) is 0 Å². The van der Waals surface area contributed by atoms with Crippen molar-refractivity contribution in [2.75, 3.05) is 18.4 Å². The fourth-order valence-corrected chi connectivity index (χ4v) is 4.62. The Balaban J connectivity index is 1.56. The molecule has 8 nitrogen and oxygen atoms in total. The zero-order valence-electron chi connectivity index (χ0n) is 16.4. The first-order valence-electron chi connectivity index (χ1n) is 9.71.